The first-order valence-corrected chi connectivity index (χ1v) is 8.66. The molecule has 0 bridgehead atoms. The number of hydrogen-bond acceptors (Lipinski definition) is 4. The number of sulfonamides is 2. The highest BCUT2D eigenvalue weighted by atomic mass is 32.2. The van der Waals surface area contributed by atoms with Gasteiger partial charge in [0.25, 0.3) is 0 Å². The highest BCUT2D eigenvalue weighted by Gasteiger charge is 2.37. The standard InChI is InChI=1S/C8H18N2O4S2/c1-7-5-10(16(4,13)14)8(2)6-9(7)15(3,11)12/h7-8H,5-6H2,1-4H3/t7-,8+. The second kappa shape index (κ2) is 4.25. The average Bonchev–Trinajstić information content (AvgIpc) is 2.04. The van der Waals surface area contributed by atoms with Gasteiger partial charge in [-0.05, 0) is 13.8 Å². The number of hydrogen-bond donors (Lipinski definition) is 0. The summed E-state index contributed by atoms with van der Waals surface area (Å²) in [6.07, 6.45) is 2.29. The molecule has 96 valence electrons. The predicted octanol–water partition coefficient (Wildman–Crippen LogP) is -0.700. The summed E-state index contributed by atoms with van der Waals surface area (Å²) in [4.78, 5) is 0. The Kier molecular flexibility index (Phi) is 3.68. The summed E-state index contributed by atoms with van der Waals surface area (Å²) in [5, 5.41) is 0. The second-order valence-electron chi connectivity index (χ2n) is 4.36. The Morgan fingerprint density at radius 3 is 1.25 bits per heavy atom. The Hall–Kier alpha value is -0.180. The first-order chi connectivity index (χ1) is 7.03. The van der Waals surface area contributed by atoms with Crippen LogP contribution in [-0.4, -0.2) is 63.1 Å². The Bertz CT molecular complexity index is 412. The van der Waals surface area contributed by atoms with Crippen LogP contribution in [-0.2, 0) is 20.0 Å². The molecule has 1 fully saturated rings. The summed E-state index contributed by atoms with van der Waals surface area (Å²) < 4.78 is 48.5. The maximum Gasteiger partial charge on any atom is 0.211 e. The van der Waals surface area contributed by atoms with E-state index < -0.39 is 20.0 Å². The number of rotatable bonds is 2. The van der Waals surface area contributed by atoms with Gasteiger partial charge in [-0.25, -0.2) is 16.8 Å². The molecule has 0 aliphatic carbocycles. The summed E-state index contributed by atoms with van der Waals surface area (Å²) in [6.45, 7) is 3.86. The molecule has 0 aromatic heterocycles. The Morgan fingerprint density at radius 2 is 1.06 bits per heavy atom. The van der Waals surface area contributed by atoms with Crippen LogP contribution in [0.15, 0.2) is 0 Å². The fourth-order valence-electron chi connectivity index (χ4n) is 1.99. The van der Waals surface area contributed by atoms with E-state index >= 15 is 0 Å². The quantitative estimate of drug-likeness (QED) is 0.665. The Labute approximate surface area is 97.3 Å². The fourth-order valence-corrected chi connectivity index (χ4v) is 4.40. The van der Waals surface area contributed by atoms with Crippen molar-refractivity contribution in [2.75, 3.05) is 25.6 Å². The van der Waals surface area contributed by atoms with E-state index in [0.29, 0.717) is 0 Å². The molecule has 1 aliphatic heterocycles. The lowest BCUT2D eigenvalue weighted by Gasteiger charge is -2.41. The van der Waals surface area contributed by atoms with Gasteiger partial charge in [0, 0.05) is 25.2 Å². The molecule has 0 aromatic rings. The van der Waals surface area contributed by atoms with Crippen molar-refractivity contribution in [1.82, 2.24) is 8.61 Å². The van der Waals surface area contributed by atoms with Crippen molar-refractivity contribution in [3.63, 3.8) is 0 Å². The lowest BCUT2D eigenvalue weighted by atomic mass is 10.2. The monoisotopic (exact) mass is 270 g/mol. The van der Waals surface area contributed by atoms with Crippen LogP contribution in [0.4, 0.5) is 0 Å². The van der Waals surface area contributed by atoms with Gasteiger partial charge in [-0.3, -0.25) is 0 Å². The zero-order valence-corrected chi connectivity index (χ0v) is 11.5. The molecule has 0 saturated carbocycles. The van der Waals surface area contributed by atoms with Crippen LogP contribution in [0.5, 0.6) is 0 Å². The van der Waals surface area contributed by atoms with E-state index in [1.165, 1.54) is 8.61 Å². The first-order valence-electron chi connectivity index (χ1n) is 4.97. The summed E-state index contributed by atoms with van der Waals surface area (Å²) >= 11 is 0. The van der Waals surface area contributed by atoms with Crippen LogP contribution in [0.3, 0.4) is 0 Å². The summed E-state index contributed by atoms with van der Waals surface area (Å²) in [5.41, 5.74) is 0. The molecular weight excluding hydrogens is 252 g/mol. The highest BCUT2D eigenvalue weighted by Crippen LogP contribution is 2.19. The predicted molar refractivity (Wildman–Crippen MR) is 62.0 cm³/mol. The third-order valence-corrected chi connectivity index (χ3v) is 5.45. The van der Waals surface area contributed by atoms with Gasteiger partial charge in [-0.15, -0.1) is 0 Å². The van der Waals surface area contributed by atoms with Crippen LogP contribution in [0, 0.1) is 0 Å². The zero-order chi connectivity index (χ0) is 12.7. The minimum absolute atomic E-state index is 0.215. The van der Waals surface area contributed by atoms with Gasteiger partial charge in [-0.1, -0.05) is 0 Å². The second-order valence-corrected chi connectivity index (χ2v) is 8.23. The van der Waals surface area contributed by atoms with Gasteiger partial charge in [0.1, 0.15) is 0 Å². The normalized spacial score (nSPS) is 30.5. The highest BCUT2D eigenvalue weighted by molar-refractivity contribution is 7.88. The van der Waals surface area contributed by atoms with Gasteiger partial charge in [0.15, 0.2) is 0 Å². The number of piperazine rings is 1. The zero-order valence-electron chi connectivity index (χ0n) is 9.91. The minimum Gasteiger partial charge on any atom is -0.212 e. The van der Waals surface area contributed by atoms with E-state index in [2.05, 4.69) is 0 Å². The summed E-state index contributed by atoms with van der Waals surface area (Å²) in [5.74, 6) is 0. The smallest absolute Gasteiger partial charge is 0.211 e. The van der Waals surface area contributed by atoms with Crippen molar-refractivity contribution >= 4 is 20.0 Å². The van der Waals surface area contributed by atoms with Crippen molar-refractivity contribution in [3.8, 4) is 0 Å². The maximum absolute atomic E-state index is 11.5. The molecule has 0 aromatic carbocycles. The fraction of sp³-hybridized carbons (Fsp3) is 1.00. The molecule has 1 rings (SSSR count). The SMILES string of the molecule is C[C@@H]1CN(S(C)(=O)=O)[C@@H](C)CN1S(C)(=O)=O. The van der Waals surface area contributed by atoms with Crippen LogP contribution >= 0.6 is 0 Å². The van der Waals surface area contributed by atoms with Crippen LogP contribution < -0.4 is 0 Å². The van der Waals surface area contributed by atoms with Crippen molar-refractivity contribution in [2.24, 2.45) is 0 Å². The third kappa shape index (κ3) is 2.93. The topological polar surface area (TPSA) is 74.8 Å². The lowest BCUT2D eigenvalue weighted by Crippen LogP contribution is -2.58. The molecule has 0 spiro atoms. The van der Waals surface area contributed by atoms with E-state index in [4.69, 9.17) is 0 Å². The van der Waals surface area contributed by atoms with Crippen molar-refractivity contribution < 1.29 is 16.8 Å². The van der Waals surface area contributed by atoms with Crippen LogP contribution in [0.1, 0.15) is 13.8 Å². The van der Waals surface area contributed by atoms with Gasteiger partial charge >= 0.3 is 0 Å². The minimum atomic E-state index is -3.27. The average molecular weight is 270 g/mol. The number of nitrogens with zero attached hydrogens (tertiary/aromatic N) is 2. The lowest BCUT2D eigenvalue weighted by molar-refractivity contribution is 0.165. The molecule has 0 N–H and O–H groups in total. The molecule has 8 heteroatoms. The van der Waals surface area contributed by atoms with Crippen LogP contribution in [0.25, 0.3) is 0 Å². The molecule has 16 heavy (non-hydrogen) atoms. The van der Waals surface area contributed by atoms with Gasteiger partial charge in [0.05, 0.1) is 12.5 Å². The van der Waals surface area contributed by atoms with Crippen molar-refractivity contribution in [3.05, 3.63) is 0 Å². The van der Waals surface area contributed by atoms with Crippen molar-refractivity contribution in [2.45, 2.75) is 25.9 Å². The molecular formula is C8H18N2O4S2. The molecule has 2 atom stereocenters. The summed E-state index contributed by atoms with van der Waals surface area (Å²) in [6, 6.07) is -0.637. The Balaban J connectivity index is 2.96. The largest absolute Gasteiger partial charge is 0.212 e. The van der Waals surface area contributed by atoms with E-state index in [1.54, 1.807) is 13.8 Å². The van der Waals surface area contributed by atoms with Crippen LogP contribution in [0.2, 0.25) is 0 Å². The molecule has 1 heterocycles. The van der Waals surface area contributed by atoms with Gasteiger partial charge in [0.2, 0.25) is 20.0 Å². The van der Waals surface area contributed by atoms with Crippen molar-refractivity contribution in [1.29, 1.82) is 0 Å². The molecule has 1 aliphatic rings. The van der Waals surface area contributed by atoms with E-state index in [9.17, 15) is 16.8 Å². The molecule has 0 amide bonds. The summed E-state index contributed by atoms with van der Waals surface area (Å²) in [7, 11) is -6.53. The third-order valence-electron chi connectivity index (χ3n) is 2.72. The molecule has 0 radical (unpaired) electrons. The van der Waals surface area contributed by atoms with E-state index in [0.717, 1.165) is 12.5 Å². The first kappa shape index (κ1) is 13.9. The van der Waals surface area contributed by atoms with Gasteiger partial charge < -0.3 is 0 Å². The van der Waals surface area contributed by atoms with Gasteiger partial charge in [-0.2, -0.15) is 8.61 Å². The molecule has 0 unspecified atom stereocenters. The van der Waals surface area contributed by atoms with E-state index in [-0.39, 0.29) is 25.2 Å². The maximum atomic E-state index is 11.5. The Morgan fingerprint density at radius 1 is 0.812 bits per heavy atom. The molecule has 6 nitrogen and oxygen atoms in total. The molecule has 1 saturated heterocycles. The van der Waals surface area contributed by atoms with E-state index in [1.807, 2.05) is 0 Å².